The first-order chi connectivity index (χ1) is 18.6. The summed E-state index contributed by atoms with van der Waals surface area (Å²) in [6.07, 6.45) is -0.106. The van der Waals surface area contributed by atoms with Crippen molar-refractivity contribution in [1.82, 2.24) is 4.57 Å². The molecule has 0 radical (unpaired) electrons. The van der Waals surface area contributed by atoms with Crippen LogP contribution in [0.1, 0.15) is 39.1 Å². The van der Waals surface area contributed by atoms with E-state index in [2.05, 4.69) is 0 Å². The largest absolute Gasteiger partial charge is 0.465 e. The van der Waals surface area contributed by atoms with Gasteiger partial charge in [0.25, 0.3) is 5.56 Å². The molecule has 1 aromatic heterocycles. The minimum absolute atomic E-state index is 0.106. The SMILES string of the molecule is COC(=O)c1ccc2n(c1=O)[C@@H](c1ccc(Cl)cc1)[C@@H](c1ccc(Cl)cc1)C(S(=O)(=O)c1ccccc1F)C2. The second-order valence-electron chi connectivity index (χ2n) is 9.20. The van der Waals surface area contributed by atoms with Crippen molar-refractivity contribution in [2.75, 3.05) is 7.11 Å². The van der Waals surface area contributed by atoms with Crippen LogP contribution in [0.2, 0.25) is 10.0 Å². The number of nitrogens with zero attached hydrogens (tertiary/aromatic N) is 1. The third kappa shape index (κ3) is 4.88. The Labute approximate surface area is 234 Å². The number of fused-ring (bicyclic) bond motifs is 1. The number of esters is 1. The van der Waals surface area contributed by atoms with E-state index in [1.165, 1.54) is 35.9 Å². The number of halogens is 3. The lowest BCUT2D eigenvalue weighted by molar-refractivity contribution is 0.0597. The van der Waals surface area contributed by atoms with E-state index in [9.17, 15) is 22.4 Å². The number of benzene rings is 3. The van der Waals surface area contributed by atoms with Crippen molar-refractivity contribution in [3.63, 3.8) is 0 Å². The summed E-state index contributed by atoms with van der Waals surface area (Å²) in [7, 11) is -3.10. The van der Waals surface area contributed by atoms with Gasteiger partial charge in [0, 0.05) is 28.1 Å². The van der Waals surface area contributed by atoms with Crippen LogP contribution < -0.4 is 5.56 Å². The van der Waals surface area contributed by atoms with Crippen LogP contribution in [0.25, 0.3) is 0 Å². The predicted octanol–water partition coefficient (Wildman–Crippen LogP) is 5.85. The molecule has 3 atom stereocenters. The summed E-state index contributed by atoms with van der Waals surface area (Å²) < 4.78 is 49.5. The highest BCUT2D eigenvalue weighted by molar-refractivity contribution is 7.92. The molecule has 39 heavy (non-hydrogen) atoms. The molecule has 4 aromatic rings. The molecule has 1 aliphatic rings. The summed E-state index contributed by atoms with van der Waals surface area (Å²) >= 11 is 12.3. The molecule has 0 aliphatic carbocycles. The van der Waals surface area contributed by atoms with Crippen LogP contribution >= 0.6 is 23.2 Å². The Morgan fingerprint density at radius 3 is 2.08 bits per heavy atom. The van der Waals surface area contributed by atoms with Crippen molar-refractivity contribution in [1.29, 1.82) is 0 Å². The topological polar surface area (TPSA) is 82.4 Å². The van der Waals surface area contributed by atoms with Crippen LogP contribution in [0.15, 0.2) is 94.6 Å². The normalized spacial score (nSPS) is 18.8. The van der Waals surface area contributed by atoms with Crippen molar-refractivity contribution >= 4 is 39.0 Å². The number of carbonyl (C=O) groups excluding carboxylic acids is 1. The van der Waals surface area contributed by atoms with Gasteiger partial charge in [-0.3, -0.25) is 4.79 Å². The maximum atomic E-state index is 14.9. The van der Waals surface area contributed by atoms with Gasteiger partial charge in [-0.15, -0.1) is 0 Å². The smallest absolute Gasteiger partial charge is 0.343 e. The van der Waals surface area contributed by atoms with E-state index in [1.54, 1.807) is 54.6 Å². The van der Waals surface area contributed by atoms with Gasteiger partial charge in [-0.2, -0.15) is 0 Å². The minimum atomic E-state index is -4.28. The molecule has 0 fully saturated rings. The predicted molar refractivity (Wildman–Crippen MR) is 147 cm³/mol. The molecule has 0 amide bonds. The molecule has 200 valence electrons. The highest BCUT2D eigenvalue weighted by Crippen LogP contribution is 2.46. The van der Waals surface area contributed by atoms with Gasteiger partial charge in [0.1, 0.15) is 16.3 Å². The Morgan fingerprint density at radius 1 is 0.897 bits per heavy atom. The third-order valence-corrected chi connectivity index (χ3v) is 9.75. The second-order valence-corrected chi connectivity index (χ2v) is 12.2. The molecule has 1 unspecified atom stereocenters. The molecule has 0 saturated carbocycles. The van der Waals surface area contributed by atoms with Crippen LogP contribution in [0.5, 0.6) is 0 Å². The highest BCUT2D eigenvalue weighted by atomic mass is 35.5. The molecular formula is C29H22Cl2FNO5S. The third-order valence-electron chi connectivity index (χ3n) is 7.04. The fourth-order valence-corrected chi connectivity index (χ4v) is 7.53. The van der Waals surface area contributed by atoms with E-state index in [0.717, 1.165) is 6.07 Å². The minimum Gasteiger partial charge on any atom is -0.465 e. The van der Waals surface area contributed by atoms with E-state index in [0.29, 0.717) is 26.9 Å². The first kappa shape index (κ1) is 27.1. The lowest BCUT2D eigenvalue weighted by Gasteiger charge is -2.41. The Kier molecular flexibility index (Phi) is 7.37. The summed E-state index contributed by atoms with van der Waals surface area (Å²) in [5.41, 5.74) is 0.719. The molecule has 3 aromatic carbocycles. The van der Waals surface area contributed by atoms with Crippen LogP contribution in [0, 0.1) is 5.82 Å². The van der Waals surface area contributed by atoms with Gasteiger partial charge in [-0.05, 0) is 59.7 Å². The number of aromatic nitrogens is 1. The van der Waals surface area contributed by atoms with Crippen LogP contribution in [-0.4, -0.2) is 31.3 Å². The van der Waals surface area contributed by atoms with Gasteiger partial charge in [0.15, 0.2) is 9.84 Å². The van der Waals surface area contributed by atoms with Crippen molar-refractivity contribution in [3.8, 4) is 0 Å². The lowest BCUT2D eigenvalue weighted by atomic mass is 9.79. The summed E-state index contributed by atoms with van der Waals surface area (Å²) in [4.78, 5) is 25.8. The van der Waals surface area contributed by atoms with Gasteiger partial charge in [0.2, 0.25) is 0 Å². The zero-order chi connectivity index (χ0) is 27.9. The number of rotatable bonds is 5. The number of sulfone groups is 1. The number of methoxy groups -OCH3 is 1. The van der Waals surface area contributed by atoms with Gasteiger partial charge < -0.3 is 9.30 Å². The molecular weight excluding hydrogens is 564 g/mol. The molecule has 1 aliphatic heterocycles. The van der Waals surface area contributed by atoms with E-state index in [-0.39, 0.29) is 12.0 Å². The molecule has 0 N–H and O–H groups in total. The zero-order valence-electron chi connectivity index (χ0n) is 20.6. The number of pyridine rings is 1. The van der Waals surface area contributed by atoms with Gasteiger partial charge in [-0.25, -0.2) is 17.6 Å². The zero-order valence-corrected chi connectivity index (χ0v) is 22.9. The van der Waals surface area contributed by atoms with Crippen LogP contribution in [0.3, 0.4) is 0 Å². The first-order valence-electron chi connectivity index (χ1n) is 12.0. The molecule has 5 rings (SSSR count). The van der Waals surface area contributed by atoms with Crippen molar-refractivity contribution < 1.29 is 22.3 Å². The summed E-state index contributed by atoms with van der Waals surface area (Å²) in [6.45, 7) is 0. The summed E-state index contributed by atoms with van der Waals surface area (Å²) in [5.74, 6) is -2.54. The van der Waals surface area contributed by atoms with Gasteiger partial charge in [-0.1, -0.05) is 59.6 Å². The number of carbonyl (C=O) groups is 1. The highest BCUT2D eigenvalue weighted by Gasteiger charge is 2.47. The average Bonchev–Trinajstić information content (AvgIpc) is 2.93. The fraction of sp³-hybridized carbons (Fsp3) is 0.172. The van der Waals surface area contributed by atoms with Crippen molar-refractivity contribution in [2.45, 2.75) is 28.5 Å². The molecule has 2 heterocycles. The standard InChI is InChI=1S/C29H22Cl2FNO5S/c1-38-29(35)22-15-14-21-16-25(39(36,37)24-5-3-2-4-23(24)32)26(17-6-10-19(30)11-7-17)27(33(21)28(22)34)18-8-12-20(31)13-9-18/h2-15,25-27H,16H2,1H3/t25?,26-,27-/m0/s1. The number of ether oxygens (including phenoxy) is 1. The van der Waals surface area contributed by atoms with E-state index < -0.39 is 49.3 Å². The average molecular weight is 586 g/mol. The van der Waals surface area contributed by atoms with Crippen LogP contribution in [-0.2, 0) is 21.0 Å². The lowest BCUT2D eigenvalue weighted by Crippen LogP contribution is -2.46. The first-order valence-corrected chi connectivity index (χ1v) is 14.3. The molecule has 6 nitrogen and oxygen atoms in total. The van der Waals surface area contributed by atoms with E-state index in [1.807, 2.05) is 0 Å². The Balaban J connectivity index is 1.85. The quantitative estimate of drug-likeness (QED) is 0.274. The van der Waals surface area contributed by atoms with Gasteiger partial charge >= 0.3 is 5.97 Å². The monoisotopic (exact) mass is 585 g/mol. The van der Waals surface area contributed by atoms with Crippen molar-refractivity contribution in [2.24, 2.45) is 0 Å². The molecule has 0 spiro atoms. The Morgan fingerprint density at radius 2 is 1.49 bits per heavy atom. The maximum absolute atomic E-state index is 14.9. The maximum Gasteiger partial charge on any atom is 0.343 e. The van der Waals surface area contributed by atoms with E-state index in [4.69, 9.17) is 27.9 Å². The molecule has 0 bridgehead atoms. The number of hydrogen-bond donors (Lipinski definition) is 0. The Hall–Kier alpha value is -3.46. The molecule has 10 heteroatoms. The van der Waals surface area contributed by atoms with Crippen molar-refractivity contribution in [3.05, 3.63) is 134 Å². The molecule has 0 saturated heterocycles. The summed E-state index contributed by atoms with van der Waals surface area (Å²) in [5, 5.41) is -0.277. The van der Waals surface area contributed by atoms with Crippen LogP contribution in [0.4, 0.5) is 4.39 Å². The van der Waals surface area contributed by atoms with E-state index >= 15 is 0 Å². The second kappa shape index (κ2) is 10.6. The van der Waals surface area contributed by atoms with Gasteiger partial charge in [0.05, 0.1) is 18.4 Å². The summed E-state index contributed by atoms with van der Waals surface area (Å²) in [6, 6.07) is 20.5. The number of hydrogen-bond acceptors (Lipinski definition) is 5. The Bertz CT molecular complexity index is 1720. The fourth-order valence-electron chi connectivity index (χ4n) is 5.26.